The third-order valence-electron chi connectivity index (χ3n) is 5.94. The molecule has 0 aromatic heterocycles. The van der Waals surface area contributed by atoms with E-state index in [4.69, 9.17) is 14.4 Å². The molecule has 0 fully saturated rings. The van der Waals surface area contributed by atoms with Gasteiger partial charge in [0.2, 0.25) is 0 Å². The predicted molar refractivity (Wildman–Crippen MR) is 118 cm³/mol. The molecule has 0 aromatic carbocycles. The van der Waals surface area contributed by atoms with Crippen LogP contribution in [0.25, 0.3) is 0 Å². The first-order valence-corrected chi connectivity index (χ1v) is 15.7. The summed E-state index contributed by atoms with van der Waals surface area (Å²) in [6.45, 7) is 15.2. The molecule has 0 heterocycles. The van der Waals surface area contributed by atoms with E-state index in [0.29, 0.717) is 0 Å². The molecule has 5 nitrogen and oxygen atoms in total. The fourth-order valence-electron chi connectivity index (χ4n) is 4.17. The number of nitrogens with zero attached hydrogens (tertiary/aromatic N) is 1. The van der Waals surface area contributed by atoms with Crippen molar-refractivity contribution in [3.8, 4) is 0 Å². The van der Waals surface area contributed by atoms with E-state index in [1.54, 1.807) is 0 Å². The molecular formula is C24H52NO4Tc. The molecule has 184 valence electrons. The van der Waals surface area contributed by atoms with Crippen molar-refractivity contribution in [2.24, 2.45) is 0 Å². The van der Waals surface area contributed by atoms with Gasteiger partial charge in [-0.2, -0.15) is 0 Å². The molecule has 0 amide bonds. The van der Waals surface area contributed by atoms with Gasteiger partial charge in [-0.3, -0.25) is 0 Å². The van der Waals surface area contributed by atoms with Gasteiger partial charge in [0.1, 0.15) is 0 Å². The quantitative estimate of drug-likeness (QED) is 0.135. The van der Waals surface area contributed by atoms with Gasteiger partial charge in [-0.25, -0.2) is 0 Å². The number of rotatable bonds is 20. The zero-order chi connectivity index (χ0) is 23.1. The summed E-state index contributed by atoms with van der Waals surface area (Å²) in [6, 6.07) is 0. The molecule has 0 saturated heterocycles. The molecular weight excluding hydrogens is 464 g/mol. The summed E-state index contributed by atoms with van der Waals surface area (Å²) in [5.74, 6) is 0. The van der Waals surface area contributed by atoms with Crippen LogP contribution in [-0.4, -0.2) is 30.7 Å². The van der Waals surface area contributed by atoms with Crippen molar-refractivity contribution in [2.45, 2.75) is 130 Å². The molecule has 0 aromatic rings. The summed E-state index contributed by atoms with van der Waals surface area (Å²) in [6.07, 6.45) is 22.8. The molecule has 0 rings (SSSR count). The van der Waals surface area contributed by atoms with Gasteiger partial charge in [-0.05, 0) is 51.4 Å². The Labute approximate surface area is 190 Å². The van der Waals surface area contributed by atoms with Crippen LogP contribution in [0.15, 0.2) is 0 Å². The van der Waals surface area contributed by atoms with E-state index < -0.39 is 15.5 Å². The summed E-state index contributed by atoms with van der Waals surface area (Å²) in [4.78, 5) is 0. The van der Waals surface area contributed by atoms with E-state index in [-0.39, 0.29) is 0 Å². The molecule has 0 unspecified atom stereocenters. The molecule has 0 spiro atoms. The van der Waals surface area contributed by atoms with E-state index in [1.165, 1.54) is 133 Å². The number of hydrogen-bond donors (Lipinski definition) is 0. The van der Waals surface area contributed by atoms with E-state index in [2.05, 4.69) is 27.7 Å². The second-order valence-corrected chi connectivity index (χ2v) is 10.7. The topological polar surface area (TPSA) is 74.3 Å². The summed E-state index contributed by atoms with van der Waals surface area (Å²) < 4.78 is 35.9. The van der Waals surface area contributed by atoms with Gasteiger partial charge < -0.3 is 4.48 Å². The molecule has 0 saturated carbocycles. The first kappa shape index (κ1) is 32.2. The van der Waals surface area contributed by atoms with Crippen LogP contribution in [0.3, 0.4) is 0 Å². The molecule has 0 aliphatic rings. The van der Waals surface area contributed by atoms with Crippen molar-refractivity contribution >= 4 is 0 Å². The Bertz CT molecular complexity index is 433. The molecule has 0 N–H and O–H groups in total. The van der Waals surface area contributed by atoms with Crippen LogP contribution in [0.2, 0.25) is 0 Å². The molecule has 0 aliphatic heterocycles. The van der Waals surface area contributed by atoms with E-state index in [9.17, 15) is 0 Å². The number of unbranched alkanes of at least 4 members (excludes halogenated alkanes) is 12. The van der Waals surface area contributed by atoms with Crippen molar-refractivity contribution in [2.75, 3.05) is 26.2 Å². The third-order valence-corrected chi connectivity index (χ3v) is 5.94. The van der Waals surface area contributed by atoms with Gasteiger partial charge in [0.25, 0.3) is 0 Å². The van der Waals surface area contributed by atoms with Gasteiger partial charge in [0.15, 0.2) is 0 Å². The van der Waals surface area contributed by atoms with E-state index >= 15 is 0 Å². The second kappa shape index (κ2) is 22.2. The van der Waals surface area contributed by atoms with Crippen molar-refractivity contribution in [3.63, 3.8) is 0 Å². The Morgan fingerprint density at radius 1 is 0.467 bits per heavy atom. The Kier molecular flexibility index (Phi) is 23.8. The van der Waals surface area contributed by atoms with Crippen LogP contribution in [0.4, 0.5) is 0 Å². The van der Waals surface area contributed by atoms with Crippen LogP contribution in [-0.2, 0) is 26.0 Å². The third kappa shape index (κ3) is 26.0. The van der Waals surface area contributed by atoms with Crippen LogP contribution in [0, 0.1) is 0 Å². The van der Waals surface area contributed by atoms with Gasteiger partial charge in [-0.1, -0.05) is 79.1 Å². The summed E-state index contributed by atoms with van der Waals surface area (Å²) in [5.41, 5.74) is 0. The molecule has 0 aliphatic carbocycles. The van der Waals surface area contributed by atoms with Gasteiger partial charge in [0.05, 0.1) is 26.2 Å². The van der Waals surface area contributed by atoms with Crippen LogP contribution in [0.5, 0.6) is 0 Å². The molecule has 0 atom stereocenters. The predicted octanol–water partition coefficient (Wildman–Crippen LogP) is 6.58. The second-order valence-electron chi connectivity index (χ2n) is 8.86. The Morgan fingerprint density at radius 2 is 0.667 bits per heavy atom. The fourth-order valence-corrected chi connectivity index (χ4v) is 4.17. The summed E-state index contributed by atoms with van der Waals surface area (Å²) in [7, 11) is 0. The van der Waals surface area contributed by atoms with Crippen molar-refractivity contribution in [1.29, 1.82) is 0 Å². The zero-order valence-corrected chi connectivity index (χ0v) is 22.5. The van der Waals surface area contributed by atoms with Crippen molar-refractivity contribution in [3.05, 3.63) is 0 Å². The fraction of sp³-hybridized carbons (Fsp3) is 1.00. The molecule has 0 radical (unpaired) electrons. The SMILES string of the molecule is CCCCCC[N+](CCCCCC)(CCCCCC)CCCCCC.[O]=[Tc](=[O])(=[O])[O-]. The Hall–Kier alpha value is -0.0306. The monoisotopic (exact) mass is 515 g/mol. The van der Waals surface area contributed by atoms with Crippen LogP contribution < -0.4 is 3.86 Å². The number of quaternary nitrogens is 1. The Balaban J connectivity index is 0. The van der Waals surface area contributed by atoms with Crippen molar-refractivity contribution < 1.29 is 34.4 Å². The summed E-state index contributed by atoms with van der Waals surface area (Å²) >= 11 is -5.94. The maximum absolute atomic E-state index is 8.62. The van der Waals surface area contributed by atoms with Gasteiger partial charge in [0, 0.05) is 0 Å². The molecule has 6 heteroatoms. The van der Waals surface area contributed by atoms with E-state index in [1.807, 2.05) is 0 Å². The first-order chi connectivity index (χ1) is 14.2. The first-order valence-electron chi connectivity index (χ1n) is 12.7. The average molecular weight is 517 g/mol. The normalized spacial score (nSPS) is 11.9. The summed E-state index contributed by atoms with van der Waals surface area (Å²) in [5, 5.41) is 0. The van der Waals surface area contributed by atoms with Crippen LogP contribution in [0.1, 0.15) is 130 Å². The average Bonchev–Trinajstić information content (AvgIpc) is 2.68. The standard InChI is InChI=1S/C24H52N.4O.Tc/c1-5-9-13-17-21-25(22-18-14-10-6-2,23-19-15-11-7-3)24-20-16-12-8-4;;;;;/h5-24H2,1-4H3;;;;;/q+1;;;;-1;. The molecule has 30 heavy (non-hydrogen) atoms. The van der Waals surface area contributed by atoms with Crippen molar-refractivity contribution in [1.82, 2.24) is 0 Å². The van der Waals surface area contributed by atoms with E-state index in [0.717, 1.165) is 0 Å². The maximum atomic E-state index is 8.62. The Morgan fingerprint density at radius 3 is 0.833 bits per heavy atom. The number of hydrogen-bond acceptors (Lipinski definition) is 4. The van der Waals surface area contributed by atoms with Gasteiger partial charge in [-0.15, -0.1) is 0 Å². The molecule has 0 bridgehead atoms. The van der Waals surface area contributed by atoms with Gasteiger partial charge >= 0.3 is 29.9 Å². The minimum atomic E-state index is -5.94. The minimum absolute atomic E-state index is 1.36. The zero-order valence-electron chi connectivity index (χ0n) is 20.6. The van der Waals surface area contributed by atoms with Crippen LogP contribution >= 0.6 is 0 Å².